The van der Waals surface area contributed by atoms with Gasteiger partial charge >= 0.3 is 5.97 Å². The van der Waals surface area contributed by atoms with E-state index in [0.29, 0.717) is 23.6 Å². The number of aromatic amines is 1. The summed E-state index contributed by atoms with van der Waals surface area (Å²) in [6, 6.07) is 10.3. The van der Waals surface area contributed by atoms with Gasteiger partial charge in [0, 0.05) is 29.3 Å². The Hall–Kier alpha value is -3.48. The van der Waals surface area contributed by atoms with E-state index >= 15 is 0 Å². The molecule has 1 aliphatic heterocycles. The molecule has 0 aliphatic carbocycles. The summed E-state index contributed by atoms with van der Waals surface area (Å²) >= 11 is 0. The molecule has 0 spiro atoms. The Labute approximate surface area is 156 Å². The molecule has 27 heavy (non-hydrogen) atoms. The van der Waals surface area contributed by atoms with Crippen LogP contribution in [0.5, 0.6) is 0 Å². The molecule has 1 amide bonds. The van der Waals surface area contributed by atoms with Crippen LogP contribution in [0.3, 0.4) is 0 Å². The van der Waals surface area contributed by atoms with Crippen LogP contribution < -0.4 is 4.90 Å². The smallest absolute Gasteiger partial charge is 0.338 e. The minimum Gasteiger partial charge on any atom is -0.462 e. The van der Waals surface area contributed by atoms with Gasteiger partial charge in [-0.1, -0.05) is 6.07 Å². The number of carbonyl (C=O) groups is 2. The van der Waals surface area contributed by atoms with Crippen molar-refractivity contribution in [1.82, 2.24) is 15.2 Å². The minimum atomic E-state index is -0.385. The Morgan fingerprint density at radius 1 is 1.26 bits per heavy atom. The molecular weight excluding hydrogens is 344 g/mol. The van der Waals surface area contributed by atoms with Gasteiger partial charge < -0.3 is 4.74 Å². The Morgan fingerprint density at radius 2 is 2.04 bits per heavy atom. The molecule has 1 aromatic carbocycles. The second-order valence-corrected chi connectivity index (χ2v) is 6.24. The average molecular weight is 362 g/mol. The van der Waals surface area contributed by atoms with Crippen molar-refractivity contribution in [3.63, 3.8) is 0 Å². The fourth-order valence-electron chi connectivity index (χ4n) is 3.39. The number of hydrogen-bond donors (Lipinski definition) is 1. The molecule has 3 heterocycles. The van der Waals surface area contributed by atoms with Gasteiger partial charge in [0.25, 0.3) is 5.91 Å². The number of aromatic nitrogens is 3. The van der Waals surface area contributed by atoms with Crippen molar-refractivity contribution in [1.29, 1.82) is 0 Å². The Morgan fingerprint density at radius 3 is 2.70 bits per heavy atom. The van der Waals surface area contributed by atoms with E-state index in [-0.39, 0.29) is 17.9 Å². The molecule has 0 saturated heterocycles. The molecule has 0 unspecified atom stereocenters. The molecule has 0 bridgehead atoms. The zero-order valence-electron chi connectivity index (χ0n) is 15.0. The van der Waals surface area contributed by atoms with Crippen molar-refractivity contribution in [2.24, 2.45) is 0 Å². The van der Waals surface area contributed by atoms with E-state index in [0.717, 1.165) is 16.8 Å². The number of fused-ring (bicyclic) bond motifs is 1. The third kappa shape index (κ3) is 2.77. The number of pyridine rings is 1. The van der Waals surface area contributed by atoms with Crippen molar-refractivity contribution < 1.29 is 14.3 Å². The van der Waals surface area contributed by atoms with Crippen LogP contribution in [0.15, 0.2) is 48.8 Å². The van der Waals surface area contributed by atoms with Crippen LogP contribution in [0.2, 0.25) is 0 Å². The number of carbonyl (C=O) groups excluding carboxylic acids is 2. The Kier molecular flexibility index (Phi) is 4.19. The molecule has 0 radical (unpaired) electrons. The van der Waals surface area contributed by atoms with Gasteiger partial charge in [-0.25, -0.2) is 4.79 Å². The maximum Gasteiger partial charge on any atom is 0.338 e. The van der Waals surface area contributed by atoms with Crippen LogP contribution >= 0.6 is 0 Å². The maximum atomic E-state index is 13.0. The van der Waals surface area contributed by atoms with Gasteiger partial charge in [0.15, 0.2) is 5.69 Å². The fourth-order valence-corrected chi connectivity index (χ4v) is 3.39. The summed E-state index contributed by atoms with van der Waals surface area (Å²) < 4.78 is 5.02. The van der Waals surface area contributed by atoms with E-state index in [4.69, 9.17) is 4.74 Å². The number of ether oxygens (including phenoxy) is 1. The van der Waals surface area contributed by atoms with E-state index in [1.807, 2.05) is 19.1 Å². The quantitative estimate of drug-likeness (QED) is 0.721. The lowest BCUT2D eigenvalue weighted by Crippen LogP contribution is -2.29. The van der Waals surface area contributed by atoms with Gasteiger partial charge in [-0.05, 0) is 49.7 Å². The molecule has 0 fully saturated rings. The van der Waals surface area contributed by atoms with E-state index < -0.39 is 0 Å². The standard InChI is InChI=1S/C20H18N4O3/c1-3-27-20(26)13-6-8-15(9-7-13)24-18(14-5-4-10-21-11-14)16-12(2)22-23-17(16)19(24)25/h4-11,18H,3H2,1-2H3,(H,22,23)/t18-/m1/s1. The monoisotopic (exact) mass is 362 g/mol. The zero-order chi connectivity index (χ0) is 19.0. The van der Waals surface area contributed by atoms with E-state index in [1.165, 1.54) is 0 Å². The number of nitrogens with zero attached hydrogens (tertiary/aromatic N) is 3. The Bertz CT molecular complexity index is 996. The van der Waals surface area contributed by atoms with E-state index in [1.54, 1.807) is 48.5 Å². The number of aryl methyl sites for hydroxylation is 1. The van der Waals surface area contributed by atoms with Crippen molar-refractivity contribution in [3.05, 3.63) is 76.9 Å². The van der Waals surface area contributed by atoms with Gasteiger partial charge in [-0.3, -0.25) is 19.8 Å². The van der Waals surface area contributed by atoms with Gasteiger partial charge in [0.2, 0.25) is 0 Å². The average Bonchev–Trinajstić information content (AvgIpc) is 3.21. The number of anilines is 1. The normalized spacial score (nSPS) is 15.7. The first-order valence-corrected chi connectivity index (χ1v) is 8.67. The summed E-state index contributed by atoms with van der Waals surface area (Å²) in [5.41, 5.74) is 4.12. The van der Waals surface area contributed by atoms with Crippen molar-refractivity contribution >= 4 is 17.6 Å². The molecule has 3 aromatic rings. The van der Waals surface area contributed by atoms with Crippen molar-refractivity contribution in [2.75, 3.05) is 11.5 Å². The molecular formula is C20H18N4O3. The number of nitrogens with one attached hydrogen (secondary N) is 1. The number of esters is 1. The van der Waals surface area contributed by atoms with Crippen LogP contribution in [0.25, 0.3) is 0 Å². The lowest BCUT2D eigenvalue weighted by atomic mass is 10.0. The number of rotatable bonds is 4. The summed E-state index contributed by atoms with van der Waals surface area (Å²) in [6.45, 7) is 3.97. The molecule has 1 N–H and O–H groups in total. The van der Waals surface area contributed by atoms with E-state index in [9.17, 15) is 9.59 Å². The van der Waals surface area contributed by atoms with Gasteiger partial charge in [-0.15, -0.1) is 0 Å². The molecule has 7 nitrogen and oxygen atoms in total. The fraction of sp³-hybridized carbons (Fsp3) is 0.200. The molecule has 2 aromatic heterocycles. The Balaban J connectivity index is 1.77. The minimum absolute atomic E-state index is 0.188. The van der Waals surface area contributed by atoms with Crippen LogP contribution in [0.1, 0.15) is 50.6 Å². The number of benzene rings is 1. The third-order valence-electron chi connectivity index (χ3n) is 4.60. The highest BCUT2D eigenvalue weighted by Crippen LogP contribution is 2.41. The van der Waals surface area contributed by atoms with Gasteiger partial charge in [0.05, 0.1) is 18.2 Å². The molecule has 1 aliphatic rings. The number of H-pyrrole nitrogens is 1. The second kappa shape index (κ2) is 6.68. The summed E-state index contributed by atoms with van der Waals surface area (Å²) in [5.74, 6) is -0.573. The predicted octanol–water partition coefficient (Wildman–Crippen LogP) is 3.04. The highest BCUT2D eigenvalue weighted by atomic mass is 16.5. The summed E-state index contributed by atoms with van der Waals surface area (Å²) in [4.78, 5) is 30.8. The van der Waals surface area contributed by atoms with Crippen LogP contribution in [0.4, 0.5) is 5.69 Å². The lowest BCUT2D eigenvalue weighted by Gasteiger charge is -2.26. The summed E-state index contributed by atoms with van der Waals surface area (Å²) in [5, 5.41) is 7.09. The number of amides is 1. The molecule has 136 valence electrons. The zero-order valence-corrected chi connectivity index (χ0v) is 15.0. The predicted molar refractivity (Wildman–Crippen MR) is 98.6 cm³/mol. The molecule has 1 atom stereocenters. The van der Waals surface area contributed by atoms with E-state index in [2.05, 4.69) is 15.2 Å². The highest BCUT2D eigenvalue weighted by Gasteiger charge is 2.42. The SMILES string of the molecule is CCOC(=O)c1ccc(N2C(=O)c3n[nH]c(C)c3[C@H]2c2cccnc2)cc1. The second-order valence-electron chi connectivity index (χ2n) is 6.24. The number of hydrogen-bond acceptors (Lipinski definition) is 5. The maximum absolute atomic E-state index is 13.0. The van der Waals surface area contributed by atoms with Gasteiger partial charge in [0.1, 0.15) is 0 Å². The first kappa shape index (κ1) is 17.0. The molecule has 7 heteroatoms. The lowest BCUT2D eigenvalue weighted by molar-refractivity contribution is 0.0526. The largest absolute Gasteiger partial charge is 0.462 e. The third-order valence-corrected chi connectivity index (χ3v) is 4.60. The highest BCUT2D eigenvalue weighted by molar-refractivity contribution is 6.10. The van der Waals surface area contributed by atoms with Gasteiger partial charge in [-0.2, -0.15) is 5.10 Å². The summed E-state index contributed by atoms with van der Waals surface area (Å²) in [7, 11) is 0. The van der Waals surface area contributed by atoms with Crippen molar-refractivity contribution in [3.8, 4) is 0 Å². The van der Waals surface area contributed by atoms with Crippen LogP contribution in [-0.2, 0) is 4.74 Å². The molecule has 0 saturated carbocycles. The first-order chi connectivity index (χ1) is 13.1. The molecule has 4 rings (SSSR count). The topological polar surface area (TPSA) is 88.2 Å². The first-order valence-electron chi connectivity index (χ1n) is 8.67. The van der Waals surface area contributed by atoms with Crippen LogP contribution in [0, 0.1) is 6.92 Å². The van der Waals surface area contributed by atoms with Crippen LogP contribution in [-0.4, -0.2) is 33.7 Å². The summed E-state index contributed by atoms with van der Waals surface area (Å²) in [6.07, 6.45) is 3.45. The van der Waals surface area contributed by atoms with Crippen molar-refractivity contribution in [2.45, 2.75) is 19.9 Å².